The molecule has 0 spiro atoms. The van der Waals surface area contributed by atoms with E-state index in [-0.39, 0.29) is 5.91 Å². The minimum Gasteiger partial charge on any atom is -0.334 e. The normalized spacial score (nSPS) is 13.9. The first-order valence-electron chi connectivity index (χ1n) is 9.13. The van der Waals surface area contributed by atoms with Crippen molar-refractivity contribution in [1.82, 2.24) is 14.5 Å². The van der Waals surface area contributed by atoms with Gasteiger partial charge in [0.25, 0.3) is 0 Å². The van der Waals surface area contributed by atoms with Gasteiger partial charge in [-0.1, -0.05) is 47.1 Å². The lowest BCUT2D eigenvalue weighted by molar-refractivity contribution is -0.133. The molecule has 1 aromatic heterocycles. The third-order valence-corrected chi connectivity index (χ3v) is 5.39. The first-order chi connectivity index (χ1) is 12.7. The standard InChI is InChI=1S/C21H22BrN3O/c1-2-20-23-18-8-3-4-9-19(18)25(20)14-21(26)24(17-10-11-17)13-15-6-5-7-16(22)12-15/h3-9,12,17H,2,10-11,13-14H2,1H3. The monoisotopic (exact) mass is 411 g/mol. The molecule has 2 aromatic carbocycles. The summed E-state index contributed by atoms with van der Waals surface area (Å²) in [6, 6.07) is 16.6. The molecule has 1 saturated carbocycles. The molecule has 4 rings (SSSR count). The molecule has 134 valence electrons. The van der Waals surface area contributed by atoms with Crippen LogP contribution in [0.4, 0.5) is 0 Å². The van der Waals surface area contributed by atoms with Gasteiger partial charge in [-0.05, 0) is 42.7 Å². The average Bonchev–Trinajstić information content (AvgIpc) is 3.42. The number of halogens is 1. The first kappa shape index (κ1) is 17.3. The molecule has 0 N–H and O–H groups in total. The second-order valence-electron chi connectivity index (χ2n) is 6.84. The highest BCUT2D eigenvalue weighted by Gasteiger charge is 2.33. The lowest BCUT2D eigenvalue weighted by Gasteiger charge is -2.23. The van der Waals surface area contributed by atoms with Crippen LogP contribution >= 0.6 is 15.9 Å². The number of aromatic nitrogens is 2. The Kier molecular flexibility index (Phi) is 4.81. The number of hydrogen-bond donors (Lipinski definition) is 0. The van der Waals surface area contributed by atoms with E-state index in [1.807, 2.05) is 41.3 Å². The zero-order valence-electron chi connectivity index (χ0n) is 14.9. The Morgan fingerprint density at radius 1 is 1.23 bits per heavy atom. The molecular formula is C21H22BrN3O. The van der Waals surface area contributed by atoms with E-state index in [2.05, 4.69) is 44.5 Å². The number of para-hydroxylation sites is 2. The van der Waals surface area contributed by atoms with Crippen molar-refractivity contribution < 1.29 is 4.79 Å². The molecule has 26 heavy (non-hydrogen) atoms. The predicted molar refractivity (Wildman–Crippen MR) is 107 cm³/mol. The van der Waals surface area contributed by atoms with E-state index in [0.717, 1.165) is 46.2 Å². The number of hydrogen-bond acceptors (Lipinski definition) is 2. The van der Waals surface area contributed by atoms with Gasteiger partial charge in [-0.3, -0.25) is 4.79 Å². The Morgan fingerprint density at radius 2 is 2.04 bits per heavy atom. The molecule has 1 fully saturated rings. The van der Waals surface area contributed by atoms with Crippen molar-refractivity contribution in [2.75, 3.05) is 0 Å². The van der Waals surface area contributed by atoms with Crippen LogP contribution < -0.4 is 0 Å². The third kappa shape index (κ3) is 3.54. The van der Waals surface area contributed by atoms with E-state index in [1.54, 1.807) is 0 Å². The summed E-state index contributed by atoms with van der Waals surface area (Å²) in [6.07, 6.45) is 3.02. The second-order valence-corrected chi connectivity index (χ2v) is 7.75. The van der Waals surface area contributed by atoms with Crippen LogP contribution in [0.1, 0.15) is 31.2 Å². The molecule has 1 heterocycles. The van der Waals surface area contributed by atoms with Crippen LogP contribution in [0.3, 0.4) is 0 Å². The zero-order valence-corrected chi connectivity index (χ0v) is 16.4. The zero-order chi connectivity index (χ0) is 18.1. The highest BCUT2D eigenvalue weighted by atomic mass is 79.9. The first-order valence-corrected chi connectivity index (χ1v) is 9.93. The van der Waals surface area contributed by atoms with Gasteiger partial charge >= 0.3 is 0 Å². The number of carbonyl (C=O) groups is 1. The van der Waals surface area contributed by atoms with Gasteiger partial charge in [0.1, 0.15) is 12.4 Å². The Bertz CT molecular complexity index is 945. The predicted octanol–water partition coefficient (Wildman–Crippen LogP) is 4.55. The van der Waals surface area contributed by atoms with Crippen LogP contribution in [0.5, 0.6) is 0 Å². The number of amides is 1. The maximum atomic E-state index is 13.2. The lowest BCUT2D eigenvalue weighted by atomic mass is 10.2. The Hall–Kier alpha value is -2.14. The van der Waals surface area contributed by atoms with Crippen LogP contribution in [-0.2, 0) is 24.3 Å². The van der Waals surface area contributed by atoms with Gasteiger partial charge in [-0.25, -0.2) is 4.98 Å². The van der Waals surface area contributed by atoms with Crippen molar-refractivity contribution in [3.63, 3.8) is 0 Å². The molecule has 3 aromatic rings. The lowest BCUT2D eigenvalue weighted by Crippen LogP contribution is -2.35. The summed E-state index contributed by atoms with van der Waals surface area (Å²) >= 11 is 3.52. The van der Waals surface area contributed by atoms with E-state index >= 15 is 0 Å². The molecule has 0 atom stereocenters. The highest BCUT2D eigenvalue weighted by molar-refractivity contribution is 9.10. The van der Waals surface area contributed by atoms with Crippen LogP contribution in [0, 0.1) is 0 Å². The minimum atomic E-state index is 0.172. The summed E-state index contributed by atoms with van der Waals surface area (Å²) in [7, 11) is 0. The van der Waals surface area contributed by atoms with Crippen molar-refractivity contribution in [2.24, 2.45) is 0 Å². The number of fused-ring (bicyclic) bond motifs is 1. The molecule has 1 amide bonds. The van der Waals surface area contributed by atoms with Gasteiger partial charge in [0.05, 0.1) is 11.0 Å². The third-order valence-electron chi connectivity index (χ3n) is 4.89. The van der Waals surface area contributed by atoms with E-state index < -0.39 is 0 Å². The maximum absolute atomic E-state index is 13.2. The molecule has 5 heteroatoms. The van der Waals surface area contributed by atoms with Gasteiger partial charge in [-0.15, -0.1) is 0 Å². The fraction of sp³-hybridized carbons (Fsp3) is 0.333. The SMILES string of the molecule is CCc1nc2ccccc2n1CC(=O)N(Cc1cccc(Br)c1)C1CC1. The van der Waals surface area contributed by atoms with E-state index in [4.69, 9.17) is 0 Å². The summed E-state index contributed by atoms with van der Waals surface area (Å²) < 4.78 is 3.13. The summed E-state index contributed by atoms with van der Waals surface area (Å²) in [4.78, 5) is 19.9. The van der Waals surface area contributed by atoms with Crippen LogP contribution in [0.2, 0.25) is 0 Å². The number of nitrogens with zero attached hydrogens (tertiary/aromatic N) is 3. The van der Waals surface area contributed by atoms with Crippen molar-refractivity contribution in [2.45, 2.75) is 45.3 Å². The molecule has 0 radical (unpaired) electrons. The fourth-order valence-electron chi connectivity index (χ4n) is 3.44. The number of benzene rings is 2. The van der Waals surface area contributed by atoms with E-state index in [1.165, 1.54) is 0 Å². The maximum Gasteiger partial charge on any atom is 0.243 e. The van der Waals surface area contributed by atoms with Crippen LogP contribution in [-0.4, -0.2) is 26.4 Å². The topological polar surface area (TPSA) is 38.1 Å². The Morgan fingerprint density at radius 3 is 2.77 bits per heavy atom. The van der Waals surface area contributed by atoms with Gasteiger partial charge in [0.2, 0.25) is 5.91 Å². The quantitative estimate of drug-likeness (QED) is 0.596. The molecule has 1 aliphatic rings. The highest BCUT2D eigenvalue weighted by Crippen LogP contribution is 2.29. The number of rotatable bonds is 6. The van der Waals surface area contributed by atoms with Gasteiger partial charge < -0.3 is 9.47 Å². The van der Waals surface area contributed by atoms with Crippen molar-refractivity contribution in [1.29, 1.82) is 0 Å². The van der Waals surface area contributed by atoms with Gasteiger partial charge in [0.15, 0.2) is 0 Å². The largest absolute Gasteiger partial charge is 0.334 e. The van der Waals surface area contributed by atoms with Gasteiger partial charge in [0, 0.05) is 23.5 Å². The Balaban J connectivity index is 1.59. The summed E-state index contributed by atoms with van der Waals surface area (Å²) in [5, 5.41) is 0. The van der Waals surface area contributed by atoms with Gasteiger partial charge in [-0.2, -0.15) is 0 Å². The van der Waals surface area contributed by atoms with E-state index in [0.29, 0.717) is 19.1 Å². The second kappa shape index (κ2) is 7.23. The van der Waals surface area contributed by atoms with Crippen LogP contribution in [0.25, 0.3) is 11.0 Å². The molecule has 0 saturated heterocycles. The van der Waals surface area contributed by atoms with Crippen LogP contribution in [0.15, 0.2) is 53.0 Å². The Labute approximate surface area is 162 Å². The molecule has 4 nitrogen and oxygen atoms in total. The minimum absolute atomic E-state index is 0.172. The summed E-state index contributed by atoms with van der Waals surface area (Å²) in [6.45, 7) is 3.10. The number of aryl methyl sites for hydroxylation is 1. The molecular weight excluding hydrogens is 390 g/mol. The van der Waals surface area contributed by atoms with Crippen molar-refractivity contribution in [3.8, 4) is 0 Å². The molecule has 0 bridgehead atoms. The van der Waals surface area contributed by atoms with E-state index in [9.17, 15) is 4.79 Å². The summed E-state index contributed by atoms with van der Waals surface area (Å²) in [5.41, 5.74) is 3.16. The molecule has 0 unspecified atom stereocenters. The molecule has 0 aliphatic heterocycles. The summed E-state index contributed by atoms with van der Waals surface area (Å²) in [5.74, 6) is 1.14. The fourth-order valence-corrected chi connectivity index (χ4v) is 3.88. The molecule has 1 aliphatic carbocycles. The number of imidazole rings is 1. The van der Waals surface area contributed by atoms with Crippen molar-refractivity contribution in [3.05, 3.63) is 64.4 Å². The smallest absolute Gasteiger partial charge is 0.243 e. The van der Waals surface area contributed by atoms with Crippen molar-refractivity contribution >= 4 is 32.9 Å². The average molecular weight is 412 g/mol. The number of carbonyl (C=O) groups excluding carboxylic acids is 1.